The minimum atomic E-state index is 1.14. The molecular formula is C20H36Br2. The largest absolute Gasteiger partial charge is 0.0889 e. The van der Waals surface area contributed by atoms with Crippen molar-refractivity contribution in [3.05, 3.63) is 22.1 Å². The molecule has 0 aliphatic rings. The van der Waals surface area contributed by atoms with Crippen LogP contribution in [0.5, 0.6) is 0 Å². The van der Waals surface area contributed by atoms with Gasteiger partial charge in [0.15, 0.2) is 0 Å². The average Bonchev–Trinajstić information content (AvgIpc) is 2.46. The van der Waals surface area contributed by atoms with Crippen LogP contribution in [-0.2, 0) is 0 Å². The van der Waals surface area contributed by atoms with Crippen molar-refractivity contribution in [3.63, 3.8) is 0 Å². The van der Waals surface area contributed by atoms with Gasteiger partial charge >= 0.3 is 0 Å². The van der Waals surface area contributed by atoms with E-state index in [1.54, 1.807) is 0 Å². The second-order valence-corrected chi connectivity index (χ2v) is 8.73. The van der Waals surface area contributed by atoms with Crippen LogP contribution in [0.4, 0.5) is 0 Å². The van der Waals surface area contributed by atoms with Gasteiger partial charge in [0, 0.05) is 0 Å². The summed E-state index contributed by atoms with van der Waals surface area (Å²) >= 11 is 6.84. The summed E-state index contributed by atoms with van der Waals surface area (Å²) in [6.07, 6.45) is 21.9. The predicted molar refractivity (Wildman–Crippen MR) is 110 cm³/mol. The van der Waals surface area contributed by atoms with Gasteiger partial charge in [-0.15, -0.1) is 0 Å². The van der Waals surface area contributed by atoms with Crippen molar-refractivity contribution in [2.75, 3.05) is 0 Å². The Balaban J connectivity index is 2.99. The van der Waals surface area contributed by atoms with Gasteiger partial charge in [0.2, 0.25) is 0 Å². The highest BCUT2D eigenvalue weighted by molar-refractivity contribution is 9.12. The molecule has 0 heterocycles. The molecule has 130 valence electrons. The Labute approximate surface area is 156 Å². The van der Waals surface area contributed by atoms with Crippen LogP contribution < -0.4 is 0 Å². The molecule has 0 N–H and O–H groups in total. The van der Waals surface area contributed by atoms with Crippen LogP contribution in [0.2, 0.25) is 0 Å². The van der Waals surface area contributed by atoms with Gasteiger partial charge in [0.1, 0.15) is 0 Å². The van der Waals surface area contributed by atoms with Crippen LogP contribution in [0.15, 0.2) is 22.1 Å². The second-order valence-electron chi connectivity index (χ2n) is 6.48. The molecule has 0 saturated carbocycles. The van der Waals surface area contributed by atoms with Gasteiger partial charge < -0.3 is 0 Å². The van der Waals surface area contributed by atoms with Gasteiger partial charge in [0.05, 0.1) is 0 Å². The van der Waals surface area contributed by atoms with Gasteiger partial charge in [0.25, 0.3) is 0 Å². The summed E-state index contributed by atoms with van der Waals surface area (Å²) in [5.74, 6) is 0. The van der Waals surface area contributed by atoms with Crippen LogP contribution in [0.25, 0.3) is 0 Å². The molecule has 0 nitrogen and oxygen atoms in total. The molecule has 22 heavy (non-hydrogen) atoms. The molecular weight excluding hydrogens is 400 g/mol. The molecule has 0 amide bonds. The quantitative estimate of drug-likeness (QED) is 0.200. The SMILES string of the molecule is C=C(Br)CCCCCCCCCCCCCCCCC(=C)Br. The molecule has 0 fully saturated rings. The lowest BCUT2D eigenvalue weighted by Gasteiger charge is -2.03. The first-order chi connectivity index (χ1) is 10.6. The van der Waals surface area contributed by atoms with Crippen molar-refractivity contribution >= 4 is 31.9 Å². The predicted octanol–water partition coefficient (Wildman–Crippen LogP) is 9.05. The van der Waals surface area contributed by atoms with E-state index in [2.05, 4.69) is 45.0 Å². The molecule has 0 rings (SSSR count). The highest BCUT2D eigenvalue weighted by atomic mass is 79.9. The van der Waals surface area contributed by atoms with E-state index in [9.17, 15) is 0 Å². The third-order valence-corrected chi connectivity index (χ3v) is 4.94. The van der Waals surface area contributed by atoms with Crippen molar-refractivity contribution < 1.29 is 0 Å². The van der Waals surface area contributed by atoms with E-state index in [1.807, 2.05) is 0 Å². The molecule has 0 atom stereocenters. The van der Waals surface area contributed by atoms with Crippen molar-refractivity contribution in [1.29, 1.82) is 0 Å². The van der Waals surface area contributed by atoms with E-state index in [0.717, 1.165) is 21.8 Å². The number of allylic oxidation sites excluding steroid dienone is 2. The fraction of sp³-hybridized carbons (Fsp3) is 0.800. The standard InChI is InChI=1S/C20H36Br2/c1-19(21)17-15-13-11-9-7-5-3-4-6-8-10-12-14-16-18-20(2)22/h1-18H2. The van der Waals surface area contributed by atoms with E-state index in [1.165, 1.54) is 89.9 Å². The van der Waals surface area contributed by atoms with Gasteiger partial charge in [-0.25, -0.2) is 0 Å². The Morgan fingerprint density at radius 2 is 0.591 bits per heavy atom. The van der Waals surface area contributed by atoms with Gasteiger partial charge in [-0.2, -0.15) is 0 Å². The minimum absolute atomic E-state index is 1.14. The summed E-state index contributed by atoms with van der Waals surface area (Å²) in [6, 6.07) is 0. The summed E-state index contributed by atoms with van der Waals surface area (Å²) in [7, 11) is 0. The molecule has 0 aliphatic heterocycles. The maximum atomic E-state index is 3.88. The van der Waals surface area contributed by atoms with E-state index >= 15 is 0 Å². The molecule has 0 aromatic carbocycles. The van der Waals surface area contributed by atoms with Crippen molar-refractivity contribution in [2.24, 2.45) is 0 Å². The lowest BCUT2D eigenvalue weighted by atomic mass is 10.0. The Bertz CT molecular complexity index is 243. The first-order valence-electron chi connectivity index (χ1n) is 9.29. The van der Waals surface area contributed by atoms with Crippen LogP contribution in [0.1, 0.15) is 103 Å². The van der Waals surface area contributed by atoms with Crippen molar-refractivity contribution in [2.45, 2.75) is 103 Å². The molecule has 0 aliphatic carbocycles. The highest BCUT2D eigenvalue weighted by Crippen LogP contribution is 2.17. The zero-order valence-electron chi connectivity index (χ0n) is 14.5. The fourth-order valence-corrected chi connectivity index (χ4v) is 3.32. The molecule has 0 aromatic rings. The van der Waals surface area contributed by atoms with Gasteiger partial charge in [-0.05, 0) is 34.6 Å². The number of halogens is 2. The van der Waals surface area contributed by atoms with E-state index in [0.29, 0.717) is 0 Å². The molecule has 2 heteroatoms. The van der Waals surface area contributed by atoms with Crippen LogP contribution >= 0.6 is 31.9 Å². The Morgan fingerprint density at radius 3 is 0.773 bits per heavy atom. The maximum absolute atomic E-state index is 3.88. The van der Waals surface area contributed by atoms with Crippen LogP contribution in [-0.4, -0.2) is 0 Å². The second kappa shape index (κ2) is 17.8. The minimum Gasteiger partial charge on any atom is -0.0889 e. The summed E-state index contributed by atoms with van der Waals surface area (Å²) in [5, 5.41) is 0. The topological polar surface area (TPSA) is 0 Å². The van der Waals surface area contributed by atoms with E-state index in [-0.39, 0.29) is 0 Å². The van der Waals surface area contributed by atoms with Crippen molar-refractivity contribution in [3.8, 4) is 0 Å². The summed E-state index contributed by atoms with van der Waals surface area (Å²) in [4.78, 5) is 0. The summed E-state index contributed by atoms with van der Waals surface area (Å²) < 4.78 is 2.31. The smallest absolute Gasteiger partial charge is 0.0121 e. The number of rotatable bonds is 17. The molecule has 0 bridgehead atoms. The first-order valence-corrected chi connectivity index (χ1v) is 10.9. The first kappa shape index (κ1) is 22.4. The Kier molecular flexibility index (Phi) is 18.1. The number of hydrogen-bond acceptors (Lipinski definition) is 0. The highest BCUT2D eigenvalue weighted by Gasteiger charge is 1.95. The third-order valence-electron chi connectivity index (χ3n) is 4.15. The van der Waals surface area contributed by atoms with Crippen molar-refractivity contribution in [1.82, 2.24) is 0 Å². The van der Waals surface area contributed by atoms with E-state index < -0.39 is 0 Å². The molecule has 0 aromatic heterocycles. The molecule has 0 spiro atoms. The summed E-state index contributed by atoms with van der Waals surface area (Å²) in [5.41, 5.74) is 0. The Morgan fingerprint density at radius 1 is 0.409 bits per heavy atom. The Hall–Kier alpha value is 0.440. The summed E-state index contributed by atoms with van der Waals surface area (Å²) in [6.45, 7) is 7.75. The monoisotopic (exact) mass is 434 g/mol. The molecule has 0 radical (unpaired) electrons. The van der Waals surface area contributed by atoms with Gasteiger partial charge in [-0.3, -0.25) is 0 Å². The zero-order valence-corrected chi connectivity index (χ0v) is 17.7. The third kappa shape index (κ3) is 20.4. The number of hydrogen-bond donors (Lipinski definition) is 0. The fourth-order valence-electron chi connectivity index (χ4n) is 2.75. The zero-order chi connectivity index (χ0) is 16.5. The van der Waals surface area contributed by atoms with Crippen LogP contribution in [0, 0.1) is 0 Å². The normalized spacial score (nSPS) is 10.8. The van der Waals surface area contributed by atoms with E-state index in [4.69, 9.17) is 0 Å². The number of unbranched alkanes of at least 4 members (excludes halogenated alkanes) is 13. The molecule has 0 unspecified atom stereocenters. The lowest BCUT2D eigenvalue weighted by molar-refractivity contribution is 0.534. The van der Waals surface area contributed by atoms with Crippen LogP contribution in [0.3, 0.4) is 0 Å². The lowest BCUT2D eigenvalue weighted by Crippen LogP contribution is -1.83. The maximum Gasteiger partial charge on any atom is -0.0121 e. The molecule has 0 saturated heterocycles. The average molecular weight is 436 g/mol. The van der Waals surface area contributed by atoms with Gasteiger partial charge in [-0.1, -0.05) is 122 Å².